The predicted molar refractivity (Wildman–Crippen MR) is 82.9 cm³/mol. The summed E-state index contributed by atoms with van der Waals surface area (Å²) in [7, 11) is 0. The highest BCUT2D eigenvalue weighted by atomic mass is 19.1. The van der Waals surface area contributed by atoms with Crippen LogP contribution < -0.4 is 10.2 Å². The van der Waals surface area contributed by atoms with E-state index in [4.69, 9.17) is 0 Å². The predicted octanol–water partition coefficient (Wildman–Crippen LogP) is 2.82. The molecule has 1 saturated carbocycles. The molecule has 0 bridgehead atoms. The quantitative estimate of drug-likeness (QED) is 0.876. The van der Waals surface area contributed by atoms with E-state index >= 15 is 0 Å². The lowest BCUT2D eigenvalue weighted by atomic mass is 10.1. The second-order valence-corrected chi connectivity index (χ2v) is 6.28. The molecule has 1 aliphatic heterocycles. The van der Waals surface area contributed by atoms with Crippen LogP contribution in [0.1, 0.15) is 44.1 Å². The number of rotatable bonds is 5. The van der Waals surface area contributed by atoms with Crippen molar-refractivity contribution in [3.05, 3.63) is 29.6 Å². The van der Waals surface area contributed by atoms with Gasteiger partial charge in [-0.3, -0.25) is 0 Å². The molecule has 1 aromatic carbocycles. The van der Waals surface area contributed by atoms with E-state index in [0.29, 0.717) is 18.3 Å². The Labute approximate surface area is 126 Å². The molecule has 0 radical (unpaired) electrons. The van der Waals surface area contributed by atoms with Crippen molar-refractivity contribution in [2.24, 2.45) is 0 Å². The highest BCUT2D eigenvalue weighted by molar-refractivity contribution is 5.56. The van der Waals surface area contributed by atoms with E-state index in [-0.39, 0.29) is 18.5 Å². The van der Waals surface area contributed by atoms with Gasteiger partial charge in [0.25, 0.3) is 0 Å². The normalized spacial score (nSPS) is 23.1. The average molecular weight is 292 g/mol. The van der Waals surface area contributed by atoms with Gasteiger partial charge in [0.15, 0.2) is 0 Å². The van der Waals surface area contributed by atoms with Crippen molar-refractivity contribution in [2.45, 2.75) is 57.2 Å². The fourth-order valence-corrected chi connectivity index (χ4v) is 3.23. The molecule has 3 nitrogen and oxygen atoms in total. The summed E-state index contributed by atoms with van der Waals surface area (Å²) in [6.45, 7) is 1.65. The van der Waals surface area contributed by atoms with E-state index in [1.165, 1.54) is 18.9 Å². The molecule has 1 heterocycles. The zero-order valence-corrected chi connectivity index (χ0v) is 12.5. The Morgan fingerprint density at radius 3 is 2.81 bits per heavy atom. The number of benzene rings is 1. The number of halogens is 1. The third-order valence-electron chi connectivity index (χ3n) is 4.60. The summed E-state index contributed by atoms with van der Waals surface area (Å²) in [4.78, 5) is 2.10. The Kier molecular flexibility index (Phi) is 4.76. The van der Waals surface area contributed by atoms with Crippen molar-refractivity contribution in [2.75, 3.05) is 18.1 Å². The van der Waals surface area contributed by atoms with Crippen LogP contribution in [-0.2, 0) is 6.54 Å². The van der Waals surface area contributed by atoms with E-state index in [1.807, 2.05) is 6.07 Å². The van der Waals surface area contributed by atoms with Gasteiger partial charge in [-0.25, -0.2) is 4.39 Å². The zero-order chi connectivity index (χ0) is 14.7. The lowest BCUT2D eigenvalue weighted by Crippen LogP contribution is -2.39. The van der Waals surface area contributed by atoms with Gasteiger partial charge < -0.3 is 15.3 Å². The van der Waals surface area contributed by atoms with Crippen molar-refractivity contribution < 1.29 is 9.50 Å². The Morgan fingerprint density at radius 1 is 1.19 bits per heavy atom. The van der Waals surface area contributed by atoms with Crippen molar-refractivity contribution in [1.29, 1.82) is 0 Å². The van der Waals surface area contributed by atoms with Gasteiger partial charge in [-0.15, -0.1) is 0 Å². The zero-order valence-electron chi connectivity index (χ0n) is 12.5. The van der Waals surface area contributed by atoms with Gasteiger partial charge >= 0.3 is 0 Å². The first-order valence-corrected chi connectivity index (χ1v) is 8.18. The monoisotopic (exact) mass is 292 g/mol. The lowest BCUT2D eigenvalue weighted by Gasteiger charge is -2.33. The van der Waals surface area contributed by atoms with Gasteiger partial charge in [0.2, 0.25) is 0 Å². The average Bonchev–Trinajstić information content (AvgIpc) is 3.32. The van der Waals surface area contributed by atoms with Crippen LogP contribution in [0.3, 0.4) is 0 Å². The largest absolute Gasteiger partial charge is 0.394 e. The smallest absolute Gasteiger partial charge is 0.146 e. The number of aliphatic hydroxyl groups is 1. The number of nitrogens with zero attached hydrogens (tertiary/aromatic N) is 1. The number of hydrogen-bond acceptors (Lipinski definition) is 3. The first kappa shape index (κ1) is 14.8. The number of hydrogen-bond donors (Lipinski definition) is 2. The van der Waals surface area contributed by atoms with Crippen molar-refractivity contribution in [1.82, 2.24) is 5.32 Å². The Bertz CT molecular complexity index is 476. The maximum absolute atomic E-state index is 14.5. The molecule has 2 N–H and O–H groups in total. The molecule has 2 aliphatic rings. The topological polar surface area (TPSA) is 35.5 Å². The molecule has 0 spiro atoms. The summed E-state index contributed by atoms with van der Waals surface area (Å²) in [5, 5.41) is 13.2. The van der Waals surface area contributed by atoms with E-state index in [9.17, 15) is 9.50 Å². The van der Waals surface area contributed by atoms with Crippen molar-refractivity contribution in [3.8, 4) is 0 Å². The molecule has 1 aromatic rings. The number of aliphatic hydroxyl groups excluding tert-OH is 1. The van der Waals surface area contributed by atoms with Crippen LogP contribution in [0.4, 0.5) is 10.1 Å². The molecule has 2 fully saturated rings. The van der Waals surface area contributed by atoms with Crippen LogP contribution in [0.15, 0.2) is 18.2 Å². The van der Waals surface area contributed by atoms with E-state index in [2.05, 4.69) is 10.2 Å². The lowest BCUT2D eigenvalue weighted by molar-refractivity contribution is 0.254. The maximum Gasteiger partial charge on any atom is 0.146 e. The summed E-state index contributed by atoms with van der Waals surface area (Å²) in [6.07, 6.45) is 6.75. The van der Waals surface area contributed by atoms with Crippen LogP contribution >= 0.6 is 0 Å². The molecule has 116 valence electrons. The van der Waals surface area contributed by atoms with Gasteiger partial charge in [0, 0.05) is 19.1 Å². The maximum atomic E-state index is 14.5. The molecule has 3 rings (SSSR count). The highest BCUT2D eigenvalue weighted by Gasteiger charge is 2.26. The SMILES string of the molecule is OCC1CCCCCN1c1c(F)cccc1CNC1CC1. The summed E-state index contributed by atoms with van der Waals surface area (Å²) in [5.74, 6) is -0.162. The minimum atomic E-state index is -0.162. The molecule has 4 heteroatoms. The second-order valence-electron chi connectivity index (χ2n) is 6.28. The van der Waals surface area contributed by atoms with Gasteiger partial charge in [-0.2, -0.15) is 0 Å². The van der Waals surface area contributed by atoms with Crippen LogP contribution in [-0.4, -0.2) is 30.3 Å². The number of nitrogens with one attached hydrogen (secondary N) is 1. The summed E-state index contributed by atoms with van der Waals surface area (Å²) >= 11 is 0. The Hall–Kier alpha value is -1.13. The minimum Gasteiger partial charge on any atom is -0.394 e. The summed E-state index contributed by atoms with van der Waals surface area (Å²) in [5.41, 5.74) is 1.72. The van der Waals surface area contributed by atoms with Crippen molar-refractivity contribution >= 4 is 5.69 Å². The fraction of sp³-hybridized carbons (Fsp3) is 0.647. The van der Waals surface area contributed by atoms with Gasteiger partial charge in [0.05, 0.1) is 18.3 Å². The first-order valence-electron chi connectivity index (χ1n) is 8.18. The third-order valence-corrected chi connectivity index (χ3v) is 4.60. The standard InChI is InChI=1S/C17H25FN2O/c18-16-7-4-5-13(11-19-14-8-9-14)17(16)20-10-3-1-2-6-15(20)12-21/h4-5,7,14-15,19,21H,1-3,6,8-12H2. The molecular formula is C17H25FN2O. The first-order chi connectivity index (χ1) is 10.3. The van der Waals surface area contributed by atoms with E-state index in [1.54, 1.807) is 6.07 Å². The minimum absolute atomic E-state index is 0.0454. The molecule has 1 saturated heterocycles. The van der Waals surface area contributed by atoms with Gasteiger partial charge in [0.1, 0.15) is 5.82 Å². The van der Waals surface area contributed by atoms with Crippen LogP contribution in [0.5, 0.6) is 0 Å². The molecular weight excluding hydrogens is 267 g/mol. The van der Waals surface area contributed by atoms with Gasteiger partial charge in [-0.05, 0) is 37.3 Å². The van der Waals surface area contributed by atoms with Crippen LogP contribution in [0.25, 0.3) is 0 Å². The molecule has 1 atom stereocenters. The molecule has 1 unspecified atom stereocenters. The molecule has 0 amide bonds. The van der Waals surface area contributed by atoms with Crippen LogP contribution in [0.2, 0.25) is 0 Å². The molecule has 1 aliphatic carbocycles. The Morgan fingerprint density at radius 2 is 2.05 bits per heavy atom. The van der Waals surface area contributed by atoms with Crippen LogP contribution in [0, 0.1) is 5.82 Å². The highest BCUT2D eigenvalue weighted by Crippen LogP contribution is 2.31. The van der Waals surface area contributed by atoms with E-state index < -0.39 is 0 Å². The summed E-state index contributed by atoms with van der Waals surface area (Å²) < 4.78 is 14.5. The summed E-state index contributed by atoms with van der Waals surface area (Å²) in [6, 6.07) is 5.99. The molecule has 21 heavy (non-hydrogen) atoms. The van der Waals surface area contributed by atoms with Gasteiger partial charge in [-0.1, -0.05) is 25.0 Å². The Balaban J connectivity index is 1.86. The second kappa shape index (κ2) is 6.75. The van der Waals surface area contributed by atoms with Crippen molar-refractivity contribution in [3.63, 3.8) is 0 Å². The van der Waals surface area contributed by atoms with E-state index in [0.717, 1.165) is 37.8 Å². The fourth-order valence-electron chi connectivity index (χ4n) is 3.23. The number of para-hydroxylation sites is 1. The molecule has 0 aromatic heterocycles. The number of anilines is 1. The third kappa shape index (κ3) is 3.55.